The Morgan fingerprint density at radius 2 is 0.796 bits per heavy atom. The minimum absolute atomic E-state index is 0.864. The highest BCUT2D eigenvalue weighted by Gasteiger charge is 2.26. The summed E-state index contributed by atoms with van der Waals surface area (Å²) in [5.74, 6) is 1.73. The van der Waals surface area contributed by atoms with E-state index in [9.17, 15) is 0 Å². The Bertz CT molecular complexity index is 3070. The number of pyridine rings is 2. The lowest BCUT2D eigenvalue weighted by Gasteiger charge is -2.14. The third-order valence-corrected chi connectivity index (χ3v) is 10.0. The van der Waals surface area contributed by atoms with Crippen LogP contribution in [0.5, 0.6) is 0 Å². The molecular weight excluding hydrogens is 599 g/mol. The first-order chi connectivity index (χ1) is 24.3. The van der Waals surface area contributed by atoms with E-state index < -0.39 is 0 Å². The van der Waals surface area contributed by atoms with Crippen LogP contribution in [0.1, 0.15) is 0 Å². The van der Waals surface area contributed by atoms with Gasteiger partial charge in [-0.25, -0.2) is 9.97 Å². The van der Waals surface area contributed by atoms with Gasteiger partial charge in [0, 0.05) is 37.7 Å². The van der Waals surface area contributed by atoms with Crippen molar-refractivity contribution in [2.45, 2.75) is 0 Å². The summed E-state index contributed by atoms with van der Waals surface area (Å²) in [7, 11) is 0. The van der Waals surface area contributed by atoms with Gasteiger partial charge in [-0.15, -0.1) is 0 Å². The van der Waals surface area contributed by atoms with E-state index in [4.69, 9.17) is 9.97 Å². The van der Waals surface area contributed by atoms with Crippen LogP contribution in [-0.2, 0) is 0 Å². The molecule has 0 saturated heterocycles. The number of nitrogens with zero attached hydrogens (tertiary/aromatic N) is 5. The molecule has 0 aliphatic carbocycles. The topological polar surface area (TPSA) is 40.6 Å². The zero-order valence-corrected chi connectivity index (χ0v) is 26.3. The van der Waals surface area contributed by atoms with E-state index in [1.54, 1.807) is 0 Å². The van der Waals surface area contributed by atoms with Crippen molar-refractivity contribution in [3.8, 4) is 17.3 Å². The normalized spacial score (nSPS) is 12.1. The van der Waals surface area contributed by atoms with Crippen molar-refractivity contribution < 1.29 is 0 Å². The average molecular weight is 626 g/mol. The highest BCUT2D eigenvalue weighted by atomic mass is 15.2. The van der Waals surface area contributed by atoms with Crippen LogP contribution in [0.2, 0.25) is 0 Å². The number of hydrogen-bond acceptors (Lipinski definition) is 2. The molecule has 0 fully saturated rings. The molecule has 11 rings (SSSR count). The molecule has 0 amide bonds. The first kappa shape index (κ1) is 26.4. The monoisotopic (exact) mass is 625 g/mol. The van der Waals surface area contributed by atoms with Gasteiger partial charge in [0.1, 0.15) is 17.3 Å². The van der Waals surface area contributed by atoms with Crippen LogP contribution in [0, 0.1) is 0 Å². The molecule has 0 saturated carbocycles. The third kappa shape index (κ3) is 3.64. The van der Waals surface area contributed by atoms with Gasteiger partial charge in [-0.05, 0) is 66.7 Å². The van der Waals surface area contributed by atoms with Crippen LogP contribution in [0.4, 0.5) is 0 Å². The molecular formula is C44H27N5. The third-order valence-electron chi connectivity index (χ3n) is 10.0. The van der Waals surface area contributed by atoms with Crippen molar-refractivity contribution in [3.63, 3.8) is 0 Å². The molecule has 49 heavy (non-hydrogen) atoms. The van der Waals surface area contributed by atoms with Gasteiger partial charge in [-0.1, -0.05) is 97.1 Å². The van der Waals surface area contributed by atoms with Crippen molar-refractivity contribution in [2.75, 3.05) is 0 Å². The Labute approximate surface area is 280 Å². The van der Waals surface area contributed by atoms with Gasteiger partial charge >= 0.3 is 0 Å². The molecule has 0 atom stereocenters. The Balaban J connectivity index is 1.37. The molecule has 6 aromatic carbocycles. The Morgan fingerprint density at radius 1 is 0.327 bits per heavy atom. The summed E-state index contributed by atoms with van der Waals surface area (Å²) in [5, 5.41) is 8.23. The number of fused-ring (bicyclic) bond motifs is 10. The van der Waals surface area contributed by atoms with Gasteiger partial charge in [0.25, 0.3) is 0 Å². The van der Waals surface area contributed by atoms with E-state index in [2.05, 4.69) is 177 Å². The molecule has 11 aromatic rings. The number of benzene rings is 6. The van der Waals surface area contributed by atoms with Crippen LogP contribution in [-0.4, -0.2) is 23.7 Å². The molecule has 5 heterocycles. The second-order valence-electron chi connectivity index (χ2n) is 12.7. The molecule has 0 N–H and O–H groups in total. The minimum Gasteiger partial charge on any atom is -0.309 e. The largest absolute Gasteiger partial charge is 0.309 e. The summed E-state index contributed by atoms with van der Waals surface area (Å²) in [4.78, 5) is 10.5. The number of aromatic nitrogens is 5. The SMILES string of the molecule is c1ccc2nc(-n3c4ccccc4c4c5c(-n6c7ccccc7c7ccccc76)cccc5n(-c5ccc6ccccc6n5)c43)ccc2c1. The summed E-state index contributed by atoms with van der Waals surface area (Å²) >= 11 is 0. The summed E-state index contributed by atoms with van der Waals surface area (Å²) in [6.45, 7) is 0. The van der Waals surface area contributed by atoms with Gasteiger partial charge in [-0.3, -0.25) is 9.13 Å². The van der Waals surface area contributed by atoms with Gasteiger partial charge < -0.3 is 4.57 Å². The predicted octanol–water partition coefficient (Wildman–Crippen LogP) is 10.9. The van der Waals surface area contributed by atoms with Crippen LogP contribution < -0.4 is 0 Å². The Morgan fingerprint density at radius 3 is 1.41 bits per heavy atom. The molecule has 0 bridgehead atoms. The lowest BCUT2D eigenvalue weighted by atomic mass is 10.1. The van der Waals surface area contributed by atoms with Crippen molar-refractivity contribution in [3.05, 3.63) is 164 Å². The standard InChI is InChI=1S/C44H27N5/c1-6-17-33-28(12-1)24-26-40(45-33)48-37-21-10-5-16-32(37)42-43-38(47-35-19-8-3-14-30(35)31-15-4-9-20-36(31)47)22-11-23-39(43)49(44(42)48)41-27-25-29-13-2-7-18-34(29)46-41/h1-27H. The number of para-hydroxylation sites is 5. The molecule has 0 radical (unpaired) electrons. The van der Waals surface area contributed by atoms with Crippen molar-refractivity contribution >= 4 is 76.5 Å². The fraction of sp³-hybridized carbons (Fsp3) is 0. The van der Waals surface area contributed by atoms with E-state index in [0.717, 1.165) is 55.8 Å². The Kier molecular flexibility index (Phi) is 5.32. The number of hydrogen-bond donors (Lipinski definition) is 0. The van der Waals surface area contributed by atoms with Gasteiger partial charge in [0.15, 0.2) is 0 Å². The molecule has 0 unspecified atom stereocenters. The summed E-state index contributed by atoms with van der Waals surface area (Å²) in [5.41, 5.74) is 8.64. The van der Waals surface area contributed by atoms with Crippen LogP contribution in [0.25, 0.3) is 93.8 Å². The van der Waals surface area contributed by atoms with Crippen LogP contribution in [0.3, 0.4) is 0 Å². The second-order valence-corrected chi connectivity index (χ2v) is 12.7. The van der Waals surface area contributed by atoms with Crippen molar-refractivity contribution in [1.82, 2.24) is 23.7 Å². The maximum Gasteiger partial charge on any atom is 0.139 e. The minimum atomic E-state index is 0.864. The number of rotatable bonds is 3. The van der Waals surface area contributed by atoms with E-state index in [1.807, 2.05) is 0 Å². The highest BCUT2D eigenvalue weighted by molar-refractivity contribution is 6.25. The zero-order valence-electron chi connectivity index (χ0n) is 26.3. The smallest absolute Gasteiger partial charge is 0.139 e. The molecule has 5 heteroatoms. The maximum absolute atomic E-state index is 5.29. The van der Waals surface area contributed by atoms with E-state index in [-0.39, 0.29) is 0 Å². The molecule has 0 spiro atoms. The van der Waals surface area contributed by atoms with E-state index in [0.29, 0.717) is 0 Å². The average Bonchev–Trinajstić information content (AvgIpc) is 3.80. The lowest BCUT2D eigenvalue weighted by Crippen LogP contribution is -2.05. The van der Waals surface area contributed by atoms with Gasteiger partial charge in [-0.2, -0.15) is 0 Å². The molecule has 0 aliphatic rings. The fourth-order valence-corrected chi connectivity index (χ4v) is 7.96. The molecule has 0 aliphatic heterocycles. The van der Waals surface area contributed by atoms with E-state index >= 15 is 0 Å². The predicted molar refractivity (Wildman–Crippen MR) is 203 cm³/mol. The van der Waals surface area contributed by atoms with E-state index in [1.165, 1.54) is 38.0 Å². The highest BCUT2D eigenvalue weighted by Crippen LogP contribution is 2.44. The molecule has 5 aromatic heterocycles. The summed E-state index contributed by atoms with van der Waals surface area (Å²) < 4.78 is 7.10. The van der Waals surface area contributed by atoms with Gasteiger partial charge in [0.2, 0.25) is 0 Å². The maximum atomic E-state index is 5.29. The van der Waals surface area contributed by atoms with Gasteiger partial charge in [0.05, 0.1) is 38.8 Å². The van der Waals surface area contributed by atoms with Crippen molar-refractivity contribution in [1.29, 1.82) is 0 Å². The second kappa shape index (κ2) is 9.89. The van der Waals surface area contributed by atoms with Crippen LogP contribution in [0.15, 0.2) is 164 Å². The van der Waals surface area contributed by atoms with Crippen LogP contribution >= 0.6 is 0 Å². The fourth-order valence-electron chi connectivity index (χ4n) is 7.96. The molecule has 5 nitrogen and oxygen atoms in total. The first-order valence-electron chi connectivity index (χ1n) is 16.6. The first-order valence-corrected chi connectivity index (χ1v) is 16.6. The molecule has 228 valence electrons. The summed E-state index contributed by atoms with van der Waals surface area (Å²) in [6.07, 6.45) is 0. The van der Waals surface area contributed by atoms with Crippen molar-refractivity contribution in [2.24, 2.45) is 0 Å². The quantitative estimate of drug-likeness (QED) is 0.196. The zero-order chi connectivity index (χ0) is 32.1. The summed E-state index contributed by atoms with van der Waals surface area (Å²) in [6, 6.07) is 58.1. The Hall–Kier alpha value is -6.72. The lowest BCUT2D eigenvalue weighted by molar-refractivity contribution is 1.01.